The molecule has 0 aliphatic carbocycles. The van der Waals surface area contributed by atoms with Gasteiger partial charge in [-0.25, -0.2) is 4.79 Å². The third-order valence-corrected chi connectivity index (χ3v) is 29.0. The van der Waals surface area contributed by atoms with Gasteiger partial charge >= 0.3 is 9.15 Å². The second kappa shape index (κ2) is 54.6. The van der Waals surface area contributed by atoms with Crippen LogP contribution in [0.3, 0.4) is 0 Å². The molecule has 12 aromatic rings. The van der Waals surface area contributed by atoms with Gasteiger partial charge in [0.15, 0.2) is 6.61 Å². The number of carboxylic acids is 1. The Balaban J connectivity index is 0.000000234. The molecule has 0 unspecified atom stereocenters. The molecule has 4 heterocycles. The van der Waals surface area contributed by atoms with Gasteiger partial charge in [0, 0.05) is 118 Å². The van der Waals surface area contributed by atoms with Gasteiger partial charge in [0.25, 0.3) is 0 Å². The van der Waals surface area contributed by atoms with E-state index in [1.54, 1.807) is 156 Å². The summed E-state index contributed by atoms with van der Waals surface area (Å²) in [5.41, 5.74) is 4.57. The average molecular weight is 2580 g/mol. The van der Waals surface area contributed by atoms with E-state index in [-0.39, 0.29) is 80.3 Å². The minimum absolute atomic E-state index is 0. The fourth-order valence-corrected chi connectivity index (χ4v) is 19.4. The molecular formula is C87H64BBr4Cl18CuO14S4Y-. The van der Waals surface area contributed by atoms with Crippen LogP contribution in [0, 0.1) is 48.5 Å². The van der Waals surface area contributed by atoms with E-state index in [9.17, 15) is 9.90 Å². The fourth-order valence-electron chi connectivity index (χ4n) is 10.8. The minimum atomic E-state index is -1.08. The van der Waals surface area contributed by atoms with Crippen molar-refractivity contribution in [3.05, 3.63) is 269 Å². The number of halogens is 22. The topological polar surface area (TPSA) is 170 Å². The standard InChI is InChI=1S/C15H9Cl3O4S.C15H11Cl3O2S.C14H9Cl3O2S.C14H11Cl3O2.C13H7Cl3O2S.C7H6BrClO.C7H6Cl2O.C2H5.BBr3.Cu.Y/c1-6-14(18)8(17)3-12-15(6)22-10-2-7(16)9(4-11(10)23-12)21-5-13(19)20;1-3-19-10-6-12-11(4-8(10)16)20-15-7(2)14(18)9(17)5-13(15)21-12;1-6-13(17)8(16)4-12-14(6)19-10-3-7(15)9(18-2)5-11(10)20-12;1-8-12(6-4-10(15)14(8)17)19-9-3-5-13(18-2)11(16)7-9;1-5-12(16)7(15)3-11-13(5)18-9-2-6(14)8(17)4-10(9)19-11;1-10-7-3-2-5(8)4-6(7)9;1-4-6(10)3-2-5(8)7(4)9;1-2;2-1(3)4;;/h2-4H,5H2,1H3,(H,19,20);4-6H,3H2,1-2H3;3-5H,1-2H3;3-7H,1-2H3;2-4,17H,1H3;2-4H,1H3;2-3,10H,1H3;1H2,2H3;;;/q;;;;;;;-1;;;. The number of aliphatic carboxylic acids is 1. The molecule has 0 aromatic heterocycles. The summed E-state index contributed by atoms with van der Waals surface area (Å²) < 4.78 is 56.5. The fraction of sp³-hybridized carbons (Fsp3) is 0.149. The summed E-state index contributed by atoms with van der Waals surface area (Å²) in [5, 5.41) is 35.8. The van der Waals surface area contributed by atoms with Gasteiger partial charge in [-0.2, -0.15) is 6.92 Å². The Bertz CT molecular complexity index is 6130. The predicted molar refractivity (Wildman–Crippen MR) is 551 cm³/mol. The summed E-state index contributed by atoms with van der Waals surface area (Å²) in [6, 6.07) is 38.0. The van der Waals surface area contributed by atoms with Crippen molar-refractivity contribution in [3.8, 4) is 97.7 Å². The smallest absolute Gasteiger partial charge is 0.369 e. The first-order valence-corrected chi connectivity index (χ1v) is 49.7. The number of fused-ring (bicyclic) bond motifs is 8. The van der Waals surface area contributed by atoms with Crippen molar-refractivity contribution in [1.82, 2.24) is 0 Å². The van der Waals surface area contributed by atoms with Crippen molar-refractivity contribution in [2.45, 2.75) is 94.6 Å². The maximum atomic E-state index is 10.6. The maximum absolute atomic E-state index is 10.6. The molecule has 130 heavy (non-hydrogen) atoms. The van der Waals surface area contributed by atoms with Crippen molar-refractivity contribution in [3.63, 3.8) is 0 Å². The molecule has 0 saturated heterocycles. The number of rotatable bonds is 10. The number of carbonyl (C=O) groups is 1. The molecule has 43 heteroatoms. The van der Waals surface area contributed by atoms with Crippen LogP contribution < -0.4 is 47.4 Å². The summed E-state index contributed by atoms with van der Waals surface area (Å²) in [4.78, 5) is 17.6. The Hall–Kier alpha value is -2.06. The van der Waals surface area contributed by atoms with E-state index in [4.69, 9.17) is 266 Å². The van der Waals surface area contributed by atoms with Gasteiger partial charge in [-0.15, -0.1) is 47.3 Å². The predicted octanol–water partition coefficient (Wildman–Crippen LogP) is 39.3. The van der Waals surface area contributed by atoms with Crippen LogP contribution in [0.15, 0.2) is 177 Å². The first kappa shape index (κ1) is 117. The number of phenols is 2. The molecule has 692 valence electrons. The van der Waals surface area contributed by atoms with Crippen LogP contribution in [-0.4, -0.2) is 59.0 Å². The summed E-state index contributed by atoms with van der Waals surface area (Å²) >= 11 is 127. The van der Waals surface area contributed by atoms with Gasteiger partial charge in [-0.05, 0) is 152 Å². The molecule has 0 atom stereocenters. The number of benzene rings is 12. The monoisotopic (exact) mass is 2570 g/mol. The average Bonchev–Trinajstić information content (AvgIpc) is 0.774. The number of phenolic OH excluding ortho intramolecular Hbond substituents is 2. The molecule has 4 aliphatic rings. The van der Waals surface area contributed by atoms with Crippen molar-refractivity contribution in [1.29, 1.82) is 0 Å². The quantitative estimate of drug-likeness (QED) is 0.0872. The zero-order chi connectivity index (χ0) is 94.9. The van der Waals surface area contributed by atoms with E-state index >= 15 is 0 Å². The van der Waals surface area contributed by atoms with E-state index in [1.165, 1.54) is 29.6 Å². The third kappa shape index (κ3) is 31.0. The van der Waals surface area contributed by atoms with Gasteiger partial charge in [0.05, 0.1) is 158 Å². The second-order valence-corrected chi connectivity index (χ2v) is 44.3. The van der Waals surface area contributed by atoms with Crippen LogP contribution in [0.2, 0.25) is 90.4 Å². The zero-order valence-electron chi connectivity index (χ0n) is 68.6. The van der Waals surface area contributed by atoms with Crippen LogP contribution in [-0.2, 0) is 54.6 Å². The van der Waals surface area contributed by atoms with E-state index in [1.807, 2.05) is 71.9 Å². The van der Waals surface area contributed by atoms with E-state index < -0.39 is 12.6 Å². The molecule has 0 spiro atoms. The summed E-state index contributed by atoms with van der Waals surface area (Å²) in [7, 11) is 4.73. The van der Waals surface area contributed by atoms with Crippen LogP contribution in [0.1, 0.15) is 47.2 Å². The minimum Gasteiger partial charge on any atom is -0.508 e. The first-order valence-electron chi connectivity index (χ1n) is 36.1. The van der Waals surface area contributed by atoms with E-state index in [2.05, 4.69) is 70.1 Å². The number of hydrogen-bond acceptors (Lipinski definition) is 17. The molecule has 0 bridgehead atoms. The van der Waals surface area contributed by atoms with Crippen LogP contribution >= 0.6 is 319 Å². The molecular weight excluding hydrogens is 2520 g/mol. The second-order valence-electron chi connectivity index (χ2n) is 25.5. The molecule has 0 amide bonds. The summed E-state index contributed by atoms with van der Waals surface area (Å²) in [5.74, 6) is 8.49. The van der Waals surface area contributed by atoms with Crippen molar-refractivity contribution >= 4 is 328 Å². The Kier molecular flexibility index (Phi) is 49.0. The van der Waals surface area contributed by atoms with Crippen LogP contribution in [0.4, 0.5) is 0 Å². The van der Waals surface area contributed by atoms with Gasteiger partial charge in [-0.1, -0.05) is 272 Å². The van der Waals surface area contributed by atoms with Gasteiger partial charge < -0.3 is 69.6 Å². The number of carboxylic acid groups (broad SMARTS) is 1. The SMILES string of the molecule is BrB(Br)Br.CCOc1cc2c(cc1Cl)Oc1c(cc(Cl)c(Cl)c1C)S2.COc1cc2c(cc1Cl)Oc1c(cc(Cl)c(Cl)c1C)S2.COc1ccc(Br)cc1Cl.COc1ccc(Oc2ccc(Cl)c(Cl)c2C)cc1Cl.Cc1c(Cl)c(Cl)cc2c1Oc1cc(Cl)c(O)cc1S2.Cc1c(Cl)c(Cl)cc2c1Oc1cc(Cl)c(OCC(=O)O)cc1S2.Cc1c(O)ccc(Cl)c1Cl.[CH2-]C.[Cu].[Y]. The summed E-state index contributed by atoms with van der Waals surface area (Å²) in [6.45, 7) is 18.0. The Morgan fingerprint density at radius 1 is 0.362 bits per heavy atom. The Morgan fingerprint density at radius 2 is 0.669 bits per heavy atom. The number of methoxy groups -OCH3 is 3. The largest absolute Gasteiger partial charge is 0.508 e. The number of ether oxygens (including phenoxy) is 10. The zero-order valence-corrected chi connectivity index (χ0v) is 95.6. The van der Waals surface area contributed by atoms with Crippen LogP contribution in [0.25, 0.3) is 0 Å². The first-order chi connectivity index (χ1) is 60.5. The number of hydrogen-bond donors (Lipinski definition) is 3. The molecule has 14 nitrogen and oxygen atoms in total. The van der Waals surface area contributed by atoms with Crippen LogP contribution in [0.5, 0.6) is 97.7 Å². The molecule has 0 fully saturated rings. The molecule has 2 radical (unpaired) electrons. The molecule has 3 N–H and O–H groups in total. The van der Waals surface area contributed by atoms with Gasteiger partial charge in [0.2, 0.25) is 0 Å². The van der Waals surface area contributed by atoms with Crippen molar-refractivity contribution in [2.75, 3.05) is 34.5 Å². The Labute approximate surface area is 928 Å². The van der Waals surface area contributed by atoms with Crippen molar-refractivity contribution in [2.24, 2.45) is 0 Å². The Morgan fingerprint density at radius 3 is 1.02 bits per heavy atom. The van der Waals surface area contributed by atoms with Gasteiger partial charge in [-0.3, -0.25) is 0 Å². The maximum Gasteiger partial charge on any atom is 0.369 e. The molecule has 12 aromatic carbocycles. The van der Waals surface area contributed by atoms with E-state index in [0.29, 0.717) is 162 Å². The normalized spacial score (nSPS) is 11.2. The molecule has 4 aliphatic heterocycles. The third-order valence-electron chi connectivity index (χ3n) is 17.1. The summed E-state index contributed by atoms with van der Waals surface area (Å²) in [6.07, 6.45) is 0. The molecule has 0 saturated carbocycles. The van der Waals surface area contributed by atoms with E-state index in [0.717, 1.165) is 83.0 Å². The number of aromatic hydroxyl groups is 2. The van der Waals surface area contributed by atoms with Crippen molar-refractivity contribution < 1.29 is 117 Å². The van der Waals surface area contributed by atoms with Gasteiger partial charge in [0.1, 0.15) is 97.7 Å². The molecule has 16 rings (SSSR count).